The van der Waals surface area contributed by atoms with E-state index >= 15 is 0 Å². The number of aromatic nitrogens is 4. The summed E-state index contributed by atoms with van der Waals surface area (Å²) in [5.41, 5.74) is 7.64. The van der Waals surface area contributed by atoms with Gasteiger partial charge in [0.05, 0.1) is 27.6 Å². The maximum absolute atomic E-state index is 12.3. The number of benzene rings is 2. The minimum Gasteiger partial charge on any atom is -0.507 e. The lowest BCUT2D eigenvalue weighted by Crippen LogP contribution is -2.13. The van der Waals surface area contributed by atoms with Gasteiger partial charge < -0.3 is 15.3 Å². The number of nitrogens with zero attached hydrogens (tertiary/aromatic N) is 4. The number of phenolic OH excluding ortho intramolecular Hbond substituents is 1. The average molecular weight is 444 g/mol. The van der Waals surface area contributed by atoms with Crippen molar-refractivity contribution in [3.8, 4) is 40.0 Å². The molecule has 31 heavy (non-hydrogen) atoms. The van der Waals surface area contributed by atoms with Gasteiger partial charge in [-0.25, -0.2) is 18.4 Å². The lowest BCUT2D eigenvalue weighted by Gasteiger charge is -2.09. The van der Waals surface area contributed by atoms with E-state index in [2.05, 4.69) is 20.2 Å². The Morgan fingerprint density at radius 2 is 1.71 bits per heavy atom. The monoisotopic (exact) mass is 443 g/mol. The molecule has 0 fully saturated rings. The molecule has 3 N–H and O–H groups in total. The summed E-state index contributed by atoms with van der Waals surface area (Å²) in [6.07, 6.45) is 1.48. The van der Waals surface area contributed by atoms with E-state index in [9.17, 15) is 13.5 Å². The first-order valence-corrected chi connectivity index (χ1v) is 10.9. The minimum absolute atomic E-state index is 0. The predicted molar refractivity (Wildman–Crippen MR) is 121 cm³/mol. The number of anilines is 1. The fourth-order valence-electron chi connectivity index (χ4n) is 2.86. The first-order chi connectivity index (χ1) is 14.8. The highest BCUT2D eigenvalue weighted by Crippen LogP contribution is 2.31. The van der Waals surface area contributed by atoms with Gasteiger partial charge in [-0.15, -0.1) is 10.2 Å². The van der Waals surface area contributed by atoms with Gasteiger partial charge in [-0.2, -0.15) is 0 Å². The Morgan fingerprint density at radius 3 is 2.39 bits per heavy atom. The number of para-hydroxylation sites is 1. The number of nitrogens with two attached hydrogens (primary N) is 1. The molecule has 0 radical (unpaired) electrons. The molecule has 2 aromatic heterocycles. The summed E-state index contributed by atoms with van der Waals surface area (Å²) in [6, 6.07) is 12.9. The van der Waals surface area contributed by atoms with Crippen LogP contribution < -0.4 is 5.73 Å². The third kappa shape index (κ3) is 3.84. The molecule has 10 heteroatoms. The van der Waals surface area contributed by atoms with E-state index < -0.39 is 15.1 Å². The van der Waals surface area contributed by atoms with Crippen LogP contribution in [0.2, 0.25) is 0 Å². The summed E-state index contributed by atoms with van der Waals surface area (Å²) in [4.78, 5) is 8.86. The Balaban J connectivity index is 0.00000193. The zero-order chi connectivity index (χ0) is 22.2. The van der Waals surface area contributed by atoms with Crippen molar-refractivity contribution in [2.24, 2.45) is 0 Å². The second-order valence-corrected chi connectivity index (χ2v) is 9.54. The second-order valence-electron chi connectivity index (χ2n) is 7.04. The molecule has 9 nitrogen and oxygen atoms in total. The molecule has 0 spiro atoms. The quantitative estimate of drug-likeness (QED) is 0.466. The Labute approximate surface area is 183 Å². The van der Waals surface area contributed by atoms with E-state index in [0.29, 0.717) is 16.8 Å². The summed E-state index contributed by atoms with van der Waals surface area (Å²) < 4.78 is 30.3. The number of phenols is 1. The predicted octanol–water partition coefficient (Wildman–Crippen LogP) is 4.07. The number of hydrogen-bond donors (Lipinski definition) is 2. The van der Waals surface area contributed by atoms with Crippen molar-refractivity contribution in [2.75, 3.05) is 5.73 Å². The molecule has 0 aliphatic carbocycles. The number of rotatable bonds is 5. The summed E-state index contributed by atoms with van der Waals surface area (Å²) in [7, 11) is -3.37. The Morgan fingerprint density at radius 1 is 1.03 bits per heavy atom. The van der Waals surface area contributed by atoms with Crippen molar-refractivity contribution in [2.45, 2.75) is 24.0 Å². The van der Waals surface area contributed by atoms with Crippen molar-refractivity contribution < 1.29 is 22.2 Å². The molecule has 4 aromatic rings. The second kappa shape index (κ2) is 7.80. The van der Waals surface area contributed by atoms with Crippen molar-refractivity contribution in [3.63, 3.8) is 0 Å². The zero-order valence-electron chi connectivity index (χ0n) is 16.7. The van der Waals surface area contributed by atoms with Crippen LogP contribution in [0.3, 0.4) is 0 Å². The highest BCUT2D eigenvalue weighted by atomic mass is 32.2. The van der Waals surface area contributed by atoms with Crippen LogP contribution in [-0.4, -0.2) is 38.9 Å². The van der Waals surface area contributed by atoms with Gasteiger partial charge in [0.15, 0.2) is 21.3 Å². The molecule has 2 aromatic carbocycles. The first kappa shape index (κ1) is 20.5. The third-order valence-corrected chi connectivity index (χ3v) is 6.83. The third-order valence-electron chi connectivity index (χ3n) is 4.66. The molecule has 164 valence electrons. The van der Waals surface area contributed by atoms with Crippen molar-refractivity contribution in [1.82, 2.24) is 20.2 Å². The number of sulfone groups is 1. The fourth-order valence-corrected chi connectivity index (χ4v) is 3.92. The molecule has 0 atom stereocenters. The van der Waals surface area contributed by atoms with Gasteiger partial charge >= 0.3 is 0 Å². The molecule has 0 bridgehead atoms. The van der Waals surface area contributed by atoms with Crippen LogP contribution in [-0.2, 0) is 9.84 Å². The molecule has 0 amide bonds. The van der Waals surface area contributed by atoms with Crippen LogP contribution in [0, 0.1) is 0 Å². The molecule has 0 aliphatic heterocycles. The SMILES string of the molecule is CC(C)S(=O)(=O)c1ccc(-c2cnc(N)c(-c3nnc(-c4ccccc4O)o3)n2)cc1.[HH].[HH].[HH]. The van der Waals surface area contributed by atoms with Crippen molar-refractivity contribution in [3.05, 3.63) is 54.7 Å². The Hall–Kier alpha value is -3.79. The van der Waals surface area contributed by atoms with Gasteiger partial charge in [-0.1, -0.05) is 24.3 Å². The number of hydrogen-bond acceptors (Lipinski definition) is 9. The van der Waals surface area contributed by atoms with Crippen LogP contribution in [0.5, 0.6) is 5.75 Å². The lowest BCUT2D eigenvalue weighted by molar-refractivity contribution is 0.473. The summed E-state index contributed by atoms with van der Waals surface area (Å²) >= 11 is 0. The van der Waals surface area contributed by atoms with Gasteiger partial charge in [0, 0.05) is 9.84 Å². The van der Waals surface area contributed by atoms with Gasteiger partial charge in [0.1, 0.15) is 5.75 Å². The van der Waals surface area contributed by atoms with Crippen molar-refractivity contribution >= 4 is 15.7 Å². The highest BCUT2D eigenvalue weighted by Gasteiger charge is 2.20. The van der Waals surface area contributed by atoms with Gasteiger partial charge in [0.2, 0.25) is 0 Å². The van der Waals surface area contributed by atoms with Crippen LogP contribution in [0.1, 0.15) is 18.1 Å². The van der Waals surface area contributed by atoms with E-state index in [-0.39, 0.29) is 38.2 Å². The highest BCUT2D eigenvalue weighted by molar-refractivity contribution is 7.92. The molecule has 0 unspecified atom stereocenters. The van der Waals surface area contributed by atoms with Gasteiger partial charge in [-0.05, 0) is 38.1 Å². The minimum atomic E-state index is -3.37. The summed E-state index contributed by atoms with van der Waals surface area (Å²) in [6.45, 7) is 3.27. The fraction of sp³-hybridized carbons (Fsp3) is 0.143. The maximum atomic E-state index is 12.3. The van der Waals surface area contributed by atoms with E-state index in [0.717, 1.165) is 0 Å². The Bertz CT molecular complexity index is 1360. The van der Waals surface area contributed by atoms with Gasteiger partial charge in [-0.3, -0.25) is 0 Å². The van der Waals surface area contributed by atoms with E-state index in [1.807, 2.05) is 0 Å². The van der Waals surface area contributed by atoms with Crippen molar-refractivity contribution in [1.29, 1.82) is 0 Å². The van der Waals surface area contributed by atoms with E-state index in [4.69, 9.17) is 10.2 Å². The van der Waals surface area contributed by atoms with Gasteiger partial charge in [0.25, 0.3) is 11.8 Å². The maximum Gasteiger partial charge on any atom is 0.270 e. The molecule has 4 rings (SSSR count). The largest absolute Gasteiger partial charge is 0.507 e. The van der Waals surface area contributed by atoms with Crippen LogP contribution in [0.25, 0.3) is 34.3 Å². The van der Waals surface area contributed by atoms with E-state index in [1.165, 1.54) is 24.4 Å². The average Bonchev–Trinajstić information content (AvgIpc) is 3.24. The molecular formula is C21H25N5O4S. The summed E-state index contributed by atoms with van der Waals surface area (Å²) in [5, 5.41) is 17.4. The summed E-state index contributed by atoms with van der Waals surface area (Å²) in [5.74, 6) is 0.254. The molecular weight excluding hydrogens is 418 g/mol. The molecule has 0 aliphatic rings. The first-order valence-electron chi connectivity index (χ1n) is 9.36. The normalized spacial score (nSPS) is 11.7. The topological polar surface area (TPSA) is 145 Å². The zero-order valence-corrected chi connectivity index (χ0v) is 17.5. The smallest absolute Gasteiger partial charge is 0.270 e. The number of aromatic hydroxyl groups is 1. The number of nitrogen functional groups attached to an aromatic ring is 1. The Kier molecular flexibility index (Phi) is 5.15. The van der Waals surface area contributed by atoms with Crippen LogP contribution >= 0.6 is 0 Å². The van der Waals surface area contributed by atoms with Crippen LogP contribution in [0.4, 0.5) is 5.82 Å². The molecule has 2 heterocycles. The standard InChI is InChI=1S/C21H19N5O4S.3H2/c1-12(2)31(28,29)14-9-7-13(8-10-14)16-11-23-19(22)18(24-16)21-26-25-20(30-21)15-5-3-4-6-17(15)27;;;/h3-12,27H,1-2H3,(H2,22,23);3*1H. The lowest BCUT2D eigenvalue weighted by atomic mass is 10.1. The molecule has 0 saturated heterocycles. The molecule has 0 saturated carbocycles. The van der Waals surface area contributed by atoms with E-state index in [1.54, 1.807) is 44.2 Å². The van der Waals surface area contributed by atoms with Crippen LogP contribution in [0.15, 0.2) is 64.0 Å².